The number of hydrogen-bond donors (Lipinski definition) is 0. The summed E-state index contributed by atoms with van der Waals surface area (Å²) >= 11 is 0. The van der Waals surface area contributed by atoms with Gasteiger partial charge in [-0.3, -0.25) is 0 Å². The highest BCUT2D eigenvalue weighted by Crippen LogP contribution is 2.21. The van der Waals surface area contributed by atoms with E-state index in [0.29, 0.717) is 29.5 Å². The number of nitrogens with zero attached hydrogens (tertiary/aromatic N) is 3. The highest BCUT2D eigenvalue weighted by molar-refractivity contribution is 5.34. The van der Waals surface area contributed by atoms with Gasteiger partial charge in [0, 0.05) is 12.0 Å². The summed E-state index contributed by atoms with van der Waals surface area (Å²) in [4.78, 5) is 4.56. The van der Waals surface area contributed by atoms with Crippen LogP contribution in [-0.4, -0.2) is 14.8 Å². The first-order valence-electron chi connectivity index (χ1n) is 9.34. The molecule has 0 fully saturated rings. The fourth-order valence-corrected chi connectivity index (χ4v) is 2.98. The Balaban J connectivity index is 1.61. The summed E-state index contributed by atoms with van der Waals surface area (Å²) in [6.45, 7) is 0.162. The van der Waals surface area contributed by atoms with Crippen molar-refractivity contribution in [3.8, 4) is 11.4 Å². The Kier molecular flexibility index (Phi) is 5.79. The van der Waals surface area contributed by atoms with Crippen molar-refractivity contribution in [3.05, 3.63) is 107 Å². The van der Waals surface area contributed by atoms with Gasteiger partial charge >= 0.3 is 0 Å². The lowest BCUT2D eigenvalue weighted by Crippen LogP contribution is -2.04. The Bertz CT molecular complexity index is 1100. The van der Waals surface area contributed by atoms with E-state index in [1.54, 1.807) is 28.9 Å². The van der Waals surface area contributed by atoms with Crippen molar-refractivity contribution in [2.24, 2.45) is 0 Å². The van der Waals surface area contributed by atoms with Crippen LogP contribution in [0.2, 0.25) is 0 Å². The van der Waals surface area contributed by atoms with Gasteiger partial charge in [0.15, 0.2) is 5.82 Å². The van der Waals surface area contributed by atoms with Crippen molar-refractivity contribution in [1.82, 2.24) is 14.8 Å². The fourth-order valence-electron chi connectivity index (χ4n) is 2.98. The zero-order valence-corrected chi connectivity index (χ0v) is 15.9. The Hall–Kier alpha value is -3.61. The van der Waals surface area contributed by atoms with Crippen LogP contribution in [0.3, 0.4) is 0 Å². The first-order valence-corrected chi connectivity index (χ1v) is 9.34. The largest absolute Gasteiger partial charge is 0.486 e. The molecule has 152 valence electrons. The first-order chi connectivity index (χ1) is 14.6. The highest BCUT2D eigenvalue weighted by Gasteiger charge is 2.14. The van der Waals surface area contributed by atoms with Crippen LogP contribution in [0.1, 0.15) is 29.2 Å². The zero-order chi connectivity index (χ0) is 20.9. The van der Waals surface area contributed by atoms with E-state index in [0.717, 1.165) is 5.56 Å². The van der Waals surface area contributed by atoms with Gasteiger partial charge in [-0.2, -0.15) is 0 Å². The van der Waals surface area contributed by atoms with E-state index in [9.17, 15) is 13.2 Å². The summed E-state index contributed by atoms with van der Waals surface area (Å²) in [5.74, 6) is 1.40. The second-order valence-electron chi connectivity index (χ2n) is 6.65. The topological polar surface area (TPSA) is 39.9 Å². The molecule has 0 atom stereocenters. The van der Waals surface area contributed by atoms with Gasteiger partial charge in [-0.1, -0.05) is 42.5 Å². The molecule has 1 heterocycles. The van der Waals surface area contributed by atoms with E-state index in [4.69, 9.17) is 4.74 Å². The molecule has 0 N–H and O–H groups in total. The van der Waals surface area contributed by atoms with Crippen molar-refractivity contribution in [2.75, 3.05) is 0 Å². The molecule has 0 saturated carbocycles. The lowest BCUT2D eigenvalue weighted by atomic mass is 10.1. The van der Waals surface area contributed by atoms with Crippen LogP contribution >= 0.6 is 0 Å². The van der Waals surface area contributed by atoms with Gasteiger partial charge in [0.2, 0.25) is 0 Å². The van der Waals surface area contributed by atoms with E-state index in [-0.39, 0.29) is 18.0 Å². The molecular formula is C23H18F3N3O. The predicted octanol–water partition coefficient (Wildman–Crippen LogP) is 5.51. The third kappa shape index (κ3) is 4.68. The summed E-state index contributed by atoms with van der Waals surface area (Å²) in [6.07, 6.45) is -2.14. The molecule has 0 spiro atoms. The first kappa shape index (κ1) is 19.7. The molecule has 4 aromatic rings. The van der Waals surface area contributed by atoms with Crippen LogP contribution in [0, 0.1) is 5.82 Å². The number of alkyl halides is 2. The molecule has 30 heavy (non-hydrogen) atoms. The Morgan fingerprint density at radius 1 is 0.867 bits per heavy atom. The molecule has 0 amide bonds. The third-order valence-electron chi connectivity index (χ3n) is 4.49. The molecule has 4 nitrogen and oxygen atoms in total. The number of benzene rings is 3. The van der Waals surface area contributed by atoms with E-state index in [2.05, 4.69) is 10.1 Å². The number of aromatic nitrogens is 3. The summed E-state index contributed by atoms with van der Waals surface area (Å²) in [7, 11) is 0. The second-order valence-corrected chi connectivity index (χ2v) is 6.65. The fraction of sp³-hybridized carbons (Fsp3) is 0.130. The van der Waals surface area contributed by atoms with Gasteiger partial charge in [0.05, 0.1) is 5.69 Å². The number of hydrogen-bond acceptors (Lipinski definition) is 3. The van der Waals surface area contributed by atoms with Crippen LogP contribution < -0.4 is 4.74 Å². The molecule has 4 rings (SSSR count). The van der Waals surface area contributed by atoms with E-state index in [1.165, 1.54) is 24.3 Å². The van der Waals surface area contributed by atoms with E-state index >= 15 is 0 Å². The van der Waals surface area contributed by atoms with Gasteiger partial charge in [0.1, 0.15) is 24.0 Å². The average Bonchev–Trinajstić information content (AvgIpc) is 3.16. The number of para-hydroxylation sites is 1. The van der Waals surface area contributed by atoms with Crippen LogP contribution in [0.4, 0.5) is 13.2 Å². The maximum absolute atomic E-state index is 13.3. The number of ether oxygens (including phenoxy) is 1. The van der Waals surface area contributed by atoms with Gasteiger partial charge in [-0.05, 0) is 42.0 Å². The van der Waals surface area contributed by atoms with Crippen molar-refractivity contribution in [2.45, 2.75) is 19.5 Å². The van der Waals surface area contributed by atoms with Crippen molar-refractivity contribution < 1.29 is 17.9 Å². The summed E-state index contributed by atoms with van der Waals surface area (Å²) in [6, 6.07) is 21.3. The molecule has 1 aromatic heterocycles. The van der Waals surface area contributed by atoms with Gasteiger partial charge in [0.25, 0.3) is 6.43 Å². The summed E-state index contributed by atoms with van der Waals surface area (Å²) in [5, 5.41) is 4.51. The molecular weight excluding hydrogens is 391 g/mol. The number of halogens is 3. The lowest BCUT2D eigenvalue weighted by molar-refractivity contribution is 0.151. The standard InChI is InChI=1S/C23H18F3N3O/c24-18-10-12-19(13-11-18)29-22(14-16-6-8-17(9-7-16)23(25)26)27-21(28-29)15-30-20-4-2-1-3-5-20/h1-13,23H,14-15H2. The second kappa shape index (κ2) is 8.82. The molecule has 7 heteroatoms. The normalized spacial score (nSPS) is 11.1. The van der Waals surface area contributed by atoms with Crippen LogP contribution in [-0.2, 0) is 13.0 Å². The van der Waals surface area contributed by atoms with Crippen molar-refractivity contribution in [1.29, 1.82) is 0 Å². The molecule has 3 aromatic carbocycles. The molecule has 0 saturated heterocycles. The minimum absolute atomic E-state index is 0.0318. The van der Waals surface area contributed by atoms with Crippen LogP contribution in [0.5, 0.6) is 5.75 Å². The Labute approximate surface area is 171 Å². The van der Waals surface area contributed by atoms with Gasteiger partial charge < -0.3 is 4.74 Å². The lowest BCUT2D eigenvalue weighted by Gasteiger charge is -2.07. The summed E-state index contributed by atoms with van der Waals surface area (Å²) < 4.78 is 46.3. The van der Waals surface area contributed by atoms with Crippen molar-refractivity contribution >= 4 is 0 Å². The van der Waals surface area contributed by atoms with Gasteiger partial charge in [-0.15, -0.1) is 5.10 Å². The Morgan fingerprint density at radius 2 is 1.57 bits per heavy atom. The van der Waals surface area contributed by atoms with Gasteiger partial charge in [-0.25, -0.2) is 22.8 Å². The molecule has 0 radical (unpaired) electrons. The maximum Gasteiger partial charge on any atom is 0.263 e. The third-order valence-corrected chi connectivity index (χ3v) is 4.49. The van der Waals surface area contributed by atoms with Crippen LogP contribution in [0.15, 0.2) is 78.9 Å². The molecule has 0 unspecified atom stereocenters. The minimum Gasteiger partial charge on any atom is -0.486 e. The van der Waals surface area contributed by atoms with E-state index in [1.807, 2.05) is 30.3 Å². The molecule has 0 bridgehead atoms. The monoisotopic (exact) mass is 409 g/mol. The maximum atomic E-state index is 13.3. The zero-order valence-electron chi connectivity index (χ0n) is 15.9. The average molecular weight is 409 g/mol. The smallest absolute Gasteiger partial charge is 0.263 e. The SMILES string of the molecule is Fc1ccc(-n2nc(COc3ccccc3)nc2Cc2ccc(C(F)F)cc2)cc1. The van der Waals surface area contributed by atoms with E-state index < -0.39 is 6.43 Å². The quantitative estimate of drug-likeness (QED) is 0.404. The summed E-state index contributed by atoms with van der Waals surface area (Å²) in [5.41, 5.74) is 1.43. The molecule has 0 aliphatic carbocycles. The Morgan fingerprint density at radius 3 is 2.23 bits per heavy atom. The number of rotatable bonds is 7. The van der Waals surface area contributed by atoms with Crippen molar-refractivity contribution in [3.63, 3.8) is 0 Å². The molecule has 0 aliphatic heterocycles. The van der Waals surface area contributed by atoms with Crippen LogP contribution in [0.25, 0.3) is 5.69 Å². The molecule has 0 aliphatic rings. The predicted molar refractivity (Wildman–Crippen MR) is 106 cm³/mol. The highest BCUT2D eigenvalue weighted by atomic mass is 19.3. The minimum atomic E-state index is -2.51.